The molecule has 0 aliphatic heterocycles. The summed E-state index contributed by atoms with van der Waals surface area (Å²) in [5, 5.41) is 13.0. The third kappa shape index (κ3) is 2.50. The molecular formula is C12H21N3. The predicted molar refractivity (Wildman–Crippen MR) is 60.4 cm³/mol. The van der Waals surface area contributed by atoms with Gasteiger partial charge in [-0.25, -0.2) is 0 Å². The highest BCUT2D eigenvalue weighted by atomic mass is 15.2. The molecule has 2 saturated carbocycles. The molecule has 2 fully saturated rings. The van der Waals surface area contributed by atoms with Crippen LogP contribution in [-0.4, -0.2) is 36.6 Å². The highest BCUT2D eigenvalue weighted by Crippen LogP contribution is 2.41. The topological polar surface area (TPSA) is 39.1 Å². The lowest BCUT2D eigenvalue weighted by Gasteiger charge is -2.32. The molecule has 3 heteroatoms. The summed E-state index contributed by atoms with van der Waals surface area (Å²) in [6, 6.07) is 3.18. The zero-order valence-corrected chi connectivity index (χ0v) is 9.79. The van der Waals surface area contributed by atoms with E-state index in [0.717, 1.165) is 13.1 Å². The third-order valence-electron chi connectivity index (χ3n) is 3.57. The van der Waals surface area contributed by atoms with E-state index in [4.69, 9.17) is 0 Å². The molecular weight excluding hydrogens is 186 g/mol. The van der Waals surface area contributed by atoms with Crippen LogP contribution in [0.25, 0.3) is 0 Å². The maximum Gasteiger partial charge on any atom is 0.122 e. The largest absolute Gasteiger partial charge is 0.304 e. The van der Waals surface area contributed by atoms with Crippen molar-refractivity contribution in [3.8, 4) is 6.07 Å². The summed E-state index contributed by atoms with van der Waals surface area (Å²) < 4.78 is 0. The van der Waals surface area contributed by atoms with Gasteiger partial charge < -0.3 is 4.90 Å². The first-order chi connectivity index (χ1) is 7.20. The first kappa shape index (κ1) is 10.9. The zero-order chi connectivity index (χ0) is 10.9. The molecule has 2 aliphatic carbocycles. The average molecular weight is 207 g/mol. The van der Waals surface area contributed by atoms with E-state index >= 15 is 0 Å². The second-order valence-electron chi connectivity index (χ2n) is 5.11. The van der Waals surface area contributed by atoms with Crippen LogP contribution in [0.15, 0.2) is 0 Å². The summed E-state index contributed by atoms with van der Waals surface area (Å²) in [5.41, 5.74) is -0.258. The highest BCUT2D eigenvalue weighted by Gasteiger charge is 2.48. The van der Waals surface area contributed by atoms with Gasteiger partial charge in [0.1, 0.15) is 5.54 Å². The Kier molecular flexibility index (Phi) is 2.99. The minimum atomic E-state index is -0.258. The molecule has 0 amide bonds. The summed E-state index contributed by atoms with van der Waals surface area (Å²) in [6.45, 7) is 4.04. The molecule has 2 aliphatic rings. The van der Waals surface area contributed by atoms with Crippen LogP contribution in [0.2, 0.25) is 0 Å². The second-order valence-corrected chi connectivity index (χ2v) is 5.11. The van der Waals surface area contributed by atoms with Crippen LogP contribution < -0.4 is 5.32 Å². The van der Waals surface area contributed by atoms with Crippen molar-refractivity contribution >= 4 is 0 Å². The maximum absolute atomic E-state index is 9.47. The van der Waals surface area contributed by atoms with Crippen LogP contribution in [0, 0.1) is 17.2 Å². The Labute approximate surface area is 92.4 Å². The quantitative estimate of drug-likeness (QED) is 0.715. The molecule has 0 bridgehead atoms. The van der Waals surface area contributed by atoms with Crippen molar-refractivity contribution in [2.75, 3.05) is 20.1 Å². The zero-order valence-electron chi connectivity index (χ0n) is 9.79. The van der Waals surface area contributed by atoms with E-state index < -0.39 is 0 Å². The van der Waals surface area contributed by atoms with Gasteiger partial charge in [0.2, 0.25) is 0 Å². The van der Waals surface area contributed by atoms with Crippen LogP contribution in [0.1, 0.15) is 32.6 Å². The van der Waals surface area contributed by atoms with Crippen LogP contribution in [0.4, 0.5) is 0 Å². The molecule has 0 aromatic heterocycles. The molecule has 0 aromatic carbocycles. The first-order valence-corrected chi connectivity index (χ1v) is 6.07. The number of hydrogen-bond acceptors (Lipinski definition) is 3. The van der Waals surface area contributed by atoms with Crippen LogP contribution >= 0.6 is 0 Å². The summed E-state index contributed by atoms with van der Waals surface area (Å²) in [6.07, 6.45) is 4.97. The van der Waals surface area contributed by atoms with Crippen molar-refractivity contribution in [2.45, 2.75) is 44.2 Å². The van der Waals surface area contributed by atoms with Gasteiger partial charge in [0.15, 0.2) is 0 Å². The Bertz CT molecular complexity index is 263. The van der Waals surface area contributed by atoms with Crippen LogP contribution in [-0.2, 0) is 0 Å². The molecule has 1 unspecified atom stereocenters. The molecule has 0 heterocycles. The van der Waals surface area contributed by atoms with Crippen molar-refractivity contribution in [1.82, 2.24) is 10.2 Å². The molecule has 3 nitrogen and oxygen atoms in total. The molecule has 2 rings (SSSR count). The summed E-state index contributed by atoms with van der Waals surface area (Å²) in [7, 11) is 2.10. The Morgan fingerprint density at radius 1 is 1.40 bits per heavy atom. The first-order valence-electron chi connectivity index (χ1n) is 6.07. The smallest absolute Gasteiger partial charge is 0.122 e. The molecule has 1 atom stereocenters. The number of nitrogens with one attached hydrogen (secondary N) is 1. The van der Waals surface area contributed by atoms with Crippen LogP contribution in [0.3, 0.4) is 0 Å². The minimum Gasteiger partial charge on any atom is -0.304 e. The molecule has 84 valence electrons. The fourth-order valence-electron chi connectivity index (χ4n) is 2.16. The van der Waals surface area contributed by atoms with Crippen molar-refractivity contribution in [3.63, 3.8) is 0 Å². The van der Waals surface area contributed by atoms with Gasteiger partial charge in [0.05, 0.1) is 6.07 Å². The fourth-order valence-corrected chi connectivity index (χ4v) is 2.16. The van der Waals surface area contributed by atoms with E-state index in [1.807, 2.05) is 0 Å². The van der Waals surface area contributed by atoms with Crippen molar-refractivity contribution in [1.29, 1.82) is 5.26 Å². The van der Waals surface area contributed by atoms with Gasteiger partial charge in [0, 0.05) is 12.6 Å². The second kappa shape index (κ2) is 4.11. The lowest BCUT2D eigenvalue weighted by molar-refractivity contribution is 0.233. The Hall–Kier alpha value is -0.590. The standard InChI is InChI=1S/C12H21N3/c1-3-15(2)9-12(8-13,10-4-5-10)14-11-6-7-11/h10-11,14H,3-7,9H2,1-2H3. The maximum atomic E-state index is 9.47. The van der Waals surface area contributed by atoms with E-state index in [9.17, 15) is 5.26 Å². The predicted octanol–water partition coefficient (Wildman–Crippen LogP) is 1.36. The van der Waals surface area contributed by atoms with E-state index in [-0.39, 0.29) is 5.54 Å². The number of nitrogens with zero attached hydrogens (tertiary/aromatic N) is 2. The lowest BCUT2D eigenvalue weighted by atomic mass is 9.94. The average Bonchev–Trinajstić information content (AvgIpc) is 3.07. The lowest BCUT2D eigenvalue weighted by Crippen LogP contribution is -2.54. The number of likely N-dealkylation sites (N-methyl/N-ethyl adjacent to an activating group) is 1. The highest BCUT2D eigenvalue weighted by molar-refractivity contribution is 5.18. The van der Waals surface area contributed by atoms with E-state index in [2.05, 4.69) is 30.3 Å². The minimum absolute atomic E-state index is 0.258. The van der Waals surface area contributed by atoms with Gasteiger partial charge >= 0.3 is 0 Å². The normalized spacial score (nSPS) is 24.9. The molecule has 1 N–H and O–H groups in total. The van der Waals surface area contributed by atoms with E-state index in [1.165, 1.54) is 25.7 Å². The van der Waals surface area contributed by atoms with Crippen molar-refractivity contribution in [2.24, 2.45) is 5.92 Å². The number of nitriles is 1. The summed E-state index contributed by atoms with van der Waals surface area (Å²) in [5.74, 6) is 0.595. The monoisotopic (exact) mass is 207 g/mol. The Morgan fingerprint density at radius 2 is 2.07 bits per heavy atom. The SMILES string of the molecule is CCN(C)CC(C#N)(NC1CC1)C1CC1. The van der Waals surface area contributed by atoms with E-state index in [0.29, 0.717) is 12.0 Å². The summed E-state index contributed by atoms with van der Waals surface area (Å²) in [4.78, 5) is 2.25. The molecule has 0 aromatic rings. The van der Waals surface area contributed by atoms with E-state index in [1.54, 1.807) is 0 Å². The van der Waals surface area contributed by atoms with Gasteiger partial charge in [0.25, 0.3) is 0 Å². The van der Waals surface area contributed by atoms with Gasteiger partial charge in [-0.05, 0) is 45.2 Å². The molecule has 0 saturated heterocycles. The van der Waals surface area contributed by atoms with Gasteiger partial charge in [-0.3, -0.25) is 5.32 Å². The van der Waals surface area contributed by atoms with Crippen LogP contribution in [0.5, 0.6) is 0 Å². The number of hydrogen-bond donors (Lipinski definition) is 1. The summed E-state index contributed by atoms with van der Waals surface area (Å²) >= 11 is 0. The molecule has 0 spiro atoms. The van der Waals surface area contributed by atoms with Crippen molar-refractivity contribution < 1.29 is 0 Å². The third-order valence-corrected chi connectivity index (χ3v) is 3.57. The Morgan fingerprint density at radius 3 is 2.47 bits per heavy atom. The fraction of sp³-hybridized carbons (Fsp3) is 0.917. The number of rotatable bonds is 6. The Balaban J connectivity index is 2.01. The molecule has 15 heavy (non-hydrogen) atoms. The van der Waals surface area contributed by atoms with Gasteiger partial charge in [-0.1, -0.05) is 6.92 Å². The van der Waals surface area contributed by atoms with Gasteiger partial charge in [-0.15, -0.1) is 0 Å². The van der Waals surface area contributed by atoms with Gasteiger partial charge in [-0.2, -0.15) is 5.26 Å². The van der Waals surface area contributed by atoms with Crippen molar-refractivity contribution in [3.05, 3.63) is 0 Å². The molecule has 0 radical (unpaired) electrons.